The Bertz CT molecular complexity index is 234. The maximum absolute atomic E-state index is 11.9. The fourth-order valence-corrected chi connectivity index (χ4v) is 2.57. The molecule has 2 atom stereocenters. The molecule has 0 amide bonds. The van der Waals surface area contributed by atoms with E-state index in [0.717, 1.165) is 32.1 Å². The summed E-state index contributed by atoms with van der Waals surface area (Å²) in [6.45, 7) is 4.94. The van der Waals surface area contributed by atoms with Crippen molar-refractivity contribution in [1.29, 1.82) is 0 Å². The first-order valence-electron chi connectivity index (χ1n) is 8.78. The van der Waals surface area contributed by atoms with Gasteiger partial charge in [-0.2, -0.15) is 0 Å². The number of unbranched alkanes of at least 4 members (excludes halogenated alkanes) is 9. The van der Waals surface area contributed by atoms with Gasteiger partial charge in [-0.05, 0) is 12.8 Å². The molecule has 21 heavy (non-hydrogen) atoms. The molecule has 4 heteroatoms. The maximum Gasteiger partial charge on any atom is 0.335 e. The van der Waals surface area contributed by atoms with E-state index < -0.39 is 6.10 Å². The van der Waals surface area contributed by atoms with Crippen LogP contribution in [-0.4, -0.2) is 18.7 Å². The van der Waals surface area contributed by atoms with Gasteiger partial charge in [-0.15, -0.1) is 0 Å². The second kappa shape index (κ2) is 16.2. The summed E-state index contributed by atoms with van der Waals surface area (Å²) in [5.74, 6) is -0.201. The third-order valence-corrected chi connectivity index (χ3v) is 4.07. The number of rotatable bonds is 15. The Labute approximate surface area is 133 Å². The molecule has 0 N–H and O–H groups in total. The molecule has 2 unspecified atom stereocenters. The van der Waals surface area contributed by atoms with Crippen molar-refractivity contribution in [1.82, 2.24) is 0 Å². The van der Waals surface area contributed by atoms with Gasteiger partial charge in [0.05, 0.1) is 6.61 Å². The molecule has 3 nitrogen and oxygen atoms in total. The topological polar surface area (TPSA) is 35.5 Å². The second-order valence-corrected chi connectivity index (χ2v) is 6.04. The van der Waals surface area contributed by atoms with Gasteiger partial charge in [0.15, 0.2) is 6.10 Å². The third-order valence-electron chi connectivity index (χ3n) is 3.74. The molecule has 0 saturated heterocycles. The van der Waals surface area contributed by atoms with Crippen LogP contribution in [0.5, 0.6) is 0 Å². The Kier molecular flexibility index (Phi) is 16.1. The Morgan fingerprint density at radius 1 is 0.857 bits per heavy atom. The van der Waals surface area contributed by atoms with E-state index >= 15 is 0 Å². The van der Waals surface area contributed by atoms with E-state index in [4.69, 9.17) is 9.26 Å². The molecule has 0 fully saturated rings. The van der Waals surface area contributed by atoms with Crippen molar-refractivity contribution in [2.75, 3.05) is 6.61 Å². The van der Waals surface area contributed by atoms with Crippen LogP contribution < -0.4 is 0 Å². The van der Waals surface area contributed by atoms with Crippen LogP contribution in [-0.2, 0) is 14.1 Å². The standard InChI is InChI=1S/C17H35O3P/c1-3-5-7-9-10-11-13-15-19-17(18)16(20-21)14-12-8-6-4-2/h16H,3-15,21H2,1-2H3. The van der Waals surface area contributed by atoms with Crippen LogP contribution in [0.15, 0.2) is 0 Å². The van der Waals surface area contributed by atoms with Gasteiger partial charge in [-0.25, -0.2) is 4.79 Å². The predicted molar refractivity (Wildman–Crippen MR) is 92.3 cm³/mol. The van der Waals surface area contributed by atoms with E-state index in [0.29, 0.717) is 6.61 Å². The van der Waals surface area contributed by atoms with Crippen molar-refractivity contribution in [3.8, 4) is 0 Å². The van der Waals surface area contributed by atoms with Crippen LogP contribution in [0.3, 0.4) is 0 Å². The number of carbonyl (C=O) groups is 1. The third kappa shape index (κ3) is 13.3. The highest BCUT2D eigenvalue weighted by Crippen LogP contribution is 2.13. The van der Waals surface area contributed by atoms with Gasteiger partial charge in [0.25, 0.3) is 0 Å². The summed E-state index contributed by atoms with van der Waals surface area (Å²) in [6, 6.07) is 0. The van der Waals surface area contributed by atoms with Gasteiger partial charge in [-0.3, -0.25) is 0 Å². The number of esters is 1. The number of hydrogen-bond donors (Lipinski definition) is 0. The highest BCUT2D eigenvalue weighted by Gasteiger charge is 2.18. The number of carbonyl (C=O) groups excluding carboxylic acids is 1. The lowest BCUT2D eigenvalue weighted by molar-refractivity contribution is -0.151. The molecular formula is C17H35O3P. The van der Waals surface area contributed by atoms with E-state index in [1.807, 2.05) is 0 Å². The van der Waals surface area contributed by atoms with E-state index in [-0.39, 0.29) is 5.97 Å². The van der Waals surface area contributed by atoms with Crippen LogP contribution in [0.4, 0.5) is 0 Å². The minimum atomic E-state index is -0.406. The zero-order valence-electron chi connectivity index (χ0n) is 14.1. The molecule has 0 aromatic heterocycles. The zero-order valence-corrected chi connectivity index (χ0v) is 15.2. The Morgan fingerprint density at radius 3 is 1.95 bits per heavy atom. The van der Waals surface area contributed by atoms with Crippen LogP contribution >= 0.6 is 9.47 Å². The van der Waals surface area contributed by atoms with Crippen molar-refractivity contribution in [2.45, 2.75) is 97.0 Å². The molecule has 0 aliphatic heterocycles. The van der Waals surface area contributed by atoms with Gasteiger partial charge in [0, 0.05) is 9.47 Å². The average Bonchev–Trinajstić information content (AvgIpc) is 2.50. The minimum absolute atomic E-state index is 0.201. The summed E-state index contributed by atoms with van der Waals surface area (Å²) in [4.78, 5) is 11.9. The molecule has 0 bridgehead atoms. The van der Waals surface area contributed by atoms with Crippen LogP contribution in [0, 0.1) is 0 Å². The molecule has 0 spiro atoms. The lowest BCUT2D eigenvalue weighted by atomic mass is 10.1. The Balaban J connectivity index is 3.52. The Morgan fingerprint density at radius 2 is 1.38 bits per heavy atom. The van der Waals surface area contributed by atoms with Gasteiger partial charge >= 0.3 is 5.97 Å². The summed E-state index contributed by atoms with van der Waals surface area (Å²) in [7, 11) is 2.19. The van der Waals surface area contributed by atoms with E-state index in [1.165, 1.54) is 44.9 Å². The Hall–Kier alpha value is -0.140. The van der Waals surface area contributed by atoms with Crippen LogP contribution in [0.2, 0.25) is 0 Å². The molecule has 126 valence electrons. The number of ether oxygens (including phenoxy) is 1. The van der Waals surface area contributed by atoms with Crippen LogP contribution in [0.1, 0.15) is 90.9 Å². The molecule has 0 aliphatic carbocycles. The molecule has 0 radical (unpaired) electrons. The SMILES string of the molecule is CCCCCCCCCOC(=O)C(CCCCCC)OP. The number of hydrogen-bond acceptors (Lipinski definition) is 3. The first-order chi connectivity index (χ1) is 10.3. The summed E-state index contributed by atoms with van der Waals surface area (Å²) >= 11 is 0. The monoisotopic (exact) mass is 318 g/mol. The summed E-state index contributed by atoms with van der Waals surface area (Å²) in [5.41, 5.74) is 0. The first-order valence-corrected chi connectivity index (χ1v) is 9.25. The summed E-state index contributed by atoms with van der Waals surface area (Å²) < 4.78 is 10.5. The molecule has 0 rings (SSSR count). The van der Waals surface area contributed by atoms with E-state index in [1.54, 1.807) is 0 Å². The van der Waals surface area contributed by atoms with Gasteiger partial charge < -0.3 is 9.26 Å². The molecule has 0 aromatic carbocycles. The zero-order chi connectivity index (χ0) is 15.8. The normalized spacial score (nSPS) is 12.3. The molecule has 0 aliphatic rings. The quantitative estimate of drug-likeness (QED) is 0.229. The van der Waals surface area contributed by atoms with Crippen molar-refractivity contribution in [3.05, 3.63) is 0 Å². The van der Waals surface area contributed by atoms with Gasteiger partial charge in [0.2, 0.25) is 0 Å². The summed E-state index contributed by atoms with van der Waals surface area (Å²) in [5, 5.41) is 0. The molecule has 0 aromatic rings. The first kappa shape index (κ1) is 20.9. The highest BCUT2D eigenvalue weighted by molar-refractivity contribution is 7.09. The van der Waals surface area contributed by atoms with Crippen molar-refractivity contribution < 1.29 is 14.1 Å². The molecular weight excluding hydrogens is 283 g/mol. The molecule has 0 saturated carbocycles. The fourth-order valence-electron chi connectivity index (χ4n) is 2.32. The minimum Gasteiger partial charge on any atom is -0.464 e. The van der Waals surface area contributed by atoms with E-state index in [9.17, 15) is 4.79 Å². The van der Waals surface area contributed by atoms with Crippen LogP contribution in [0.25, 0.3) is 0 Å². The van der Waals surface area contributed by atoms with Gasteiger partial charge in [-0.1, -0.05) is 78.1 Å². The summed E-state index contributed by atoms with van der Waals surface area (Å²) in [6.07, 6.45) is 13.6. The lowest BCUT2D eigenvalue weighted by Gasteiger charge is -2.14. The van der Waals surface area contributed by atoms with Crippen molar-refractivity contribution in [3.63, 3.8) is 0 Å². The average molecular weight is 318 g/mol. The predicted octanol–water partition coefficient (Wildman–Crippen LogP) is 5.43. The van der Waals surface area contributed by atoms with Crippen molar-refractivity contribution >= 4 is 15.4 Å². The maximum atomic E-state index is 11.9. The highest BCUT2D eigenvalue weighted by atomic mass is 31.0. The van der Waals surface area contributed by atoms with Gasteiger partial charge in [0.1, 0.15) is 0 Å². The van der Waals surface area contributed by atoms with E-state index in [2.05, 4.69) is 23.3 Å². The fraction of sp³-hybridized carbons (Fsp3) is 0.941. The molecule has 0 heterocycles. The lowest BCUT2D eigenvalue weighted by Crippen LogP contribution is -2.24. The second-order valence-electron chi connectivity index (χ2n) is 5.76. The van der Waals surface area contributed by atoms with Crippen molar-refractivity contribution in [2.24, 2.45) is 0 Å². The largest absolute Gasteiger partial charge is 0.464 e. The smallest absolute Gasteiger partial charge is 0.335 e.